The third kappa shape index (κ3) is 4.84. The van der Waals surface area contributed by atoms with E-state index in [1.54, 1.807) is 17.7 Å². The van der Waals surface area contributed by atoms with Crippen LogP contribution in [0.4, 0.5) is 0 Å². The minimum atomic E-state index is -0.884. The summed E-state index contributed by atoms with van der Waals surface area (Å²) in [7, 11) is 0. The molecule has 0 bridgehead atoms. The van der Waals surface area contributed by atoms with Gasteiger partial charge in [-0.05, 0) is 93.2 Å². The summed E-state index contributed by atoms with van der Waals surface area (Å²) in [6.07, 6.45) is 6.97. The zero-order valence-corrected chi connectivity index (χ0v) is 20.8. The molecule has 0 spiro atoms. The van der Waals surface area contributed by atoms with E-state index >= 15 is 0 Å². The van der Waals surface area contributed by atoms with Crippen LogP contribution in [0, 0.1) is 0 Å². The molecule has 6 rings (SSSR count). The van der Waals surface area contributed by atoms with Crippen LogP contribution in [0.2, 0.25) is 0 Å². The first-order chi connectivity index (χ1) is 17.5. The highest BCUT2D eigenvalue weighted by molar-refractivity contribution is 6.10. The van der Waals surface area contributed by atoms with E-state index in [-0.39, 0.29) is 0 Å². The Balaban J connectivity index is 0.000000174. The zero-order chi connectivity index (χ0) is 25.1. The second-order valence-electron chi connectivity index (χ2n) is 9.86. The van der Waals surface area contributed by atoms with E-state index in [4.69, 9.17) is 10.8 Å². The molecule has 5 aromatic rings. The number of carboxylic acid groups (broad SMARTS) is 1. The Hall–Kier alpha value is -3.69. The van der Waals surface area contributed by atoms with Gasteiger partial charge < -0.3 is 10.8 Å². The Morgan fingerprint density at radius 1 is 0.889 bits per heavy atom. The lowest BCUT2D eigenvalue weighted by Gasteiger charge is -2.25. The SMILES string of the molecule is CCCCc1cc2ccccc2c2ccc3c(c12)CCC(N)C3.O=C(O)c1ccc2ccccc2c1. The largest absolute Gasteiger partial charge is 0.478 e. The van der Waals surface area contributed by atoms with Crippen LogP contribution in [0.1, 0.15) is 53.2 Å². The van der Waals surface area contributed by atoms with Gasteiger partial charge in [-0.3, -0.25) is 0 Å². The molecule has 1 aliphatic rings. The summed E-state index contributed by atoms with van der Waals surface area (Å²) in [6.45, 7) is 2.28. The van der Waals surface area contributed by atoms with E-state index in [1.165, 1.54) is 51.9 Å². The van der Waals surface area contributed by atoms with Gasteiger partial charge in [-0.15, -0.1) is 0 Å². The molecular formula is C33H33NO2. The number of rotatable bonds is 4. The van der Waals surface area contributed by atoms with Crippen LogP contribution < -0.4 is 5.73 Å². The topological polar surface area (TPSA) is 63.3 Å². The van der Waals surface area contributed by atoms with Gasteiger partial charge in [-0.2, -0.15) is 0 Å². The monoisotopic (exact) mass is 475 g/mol. The van der Waals surface area contributed by atoms with Gasteiger partial charge in [0, 0.05) is 6.04 Å². The molecule has 0 heterocycles. The van der Waals surface area contributed by atoms with Crippen LogP contribution in [0.15, 0.2) is 84.9 Å². The molecule has 3 N–H and O–H groups in total. The first-order valence-electron chi connectivity index (χ1n) is 13.0. The Bertz CT molecular complexity index is 1550. The summed E-state index contributed by atoms with van der Waals surface area (Å²) >= 11 is 0. The molecule has 0 amide bonds. The molecule has 0 saturated heterocycles. The van der Waals surface area contributed by atoms with Crippen molar-refractivity contribution in [2.75, 3.05) is 0 Å². The average molecular weight is 476 g/mol. The fourth-order valence-corrected chi connectivity index (χ4v) is 5.49. The van der Waals surface area contributed by atoms with E-state index < -0.39 is 5.97 Å². The summed E-state index contributed by atoms with van der Waals surface area (Å²) in [5.74, 6) is -0.884. The summed E-state index contributed by atoms with van der Waals surface area (Å²) < 4.78 is 0. The average Bonchev–Trinajstić information content (AvgIpc) is 2.91. The molecule has 0 fully saturated rings. The number of carbonyl (C=O) groups is 1. The van der Waals surface area contributed by atoms with Crippen molar-refractivity contribution in [3.05, 3.63) is 107 Å². The fraction of sp³-hybridized carbons (Fsp3) is 0.242. The van der Waals surface area contributed by atoms with E-state index in [2.05, 4.69) is 49.4 Å². The summed E-state index contributed by atoms with van der Waals surface area (Å²) in [5, 5.41) is 16.5. The number of carboxylic acids is 1. The first-order valence-corrected chi connectivity index (χ1v) is 13.0. The predicted octanol–water partition coefficient (Wildman–Crippen LogP) is 7.69. The first kappa shape index (κ1) is 24.0. The van der Waals surface area contributed by atoms with Crippen LogP contribution in [-0.2, 0) is 19.3 Å². The van der Waals surface area contributed by atoms with Crippen molar-refractivity contribution in [3.8, 4) is 0 Å². The lowest BCUT2D eigenvalue weighted by molar-refractivity contribution is 0.0697. The van der Waals surface area contributed by atoms with Crippen LogP contribution in [0.25, 0.3) is 32.3 Å². The lowest BCUT2D eigenvalue weighted by Crippen LogP contribution is -2.28. The lowest BCUT2D eigenvalue weighted by atomic mass is 9.82. The van der Waals surface area contributed by atoms with Gasteiger partial charge in [0.15, 0.2) is 0 Å². The van der Waals surface area contributed by atoms with Crippen molar-refractivity contribution in [2.24, 2.45) is 5.73 Å². The molecule has 36 heavy (non-hydrogen) atoms. The third-order valence-corrected chi connectivity index (χ3v) is 7.36. The summed E-state index contributed by atoms with van der Waals surface area (Å²) in [5.41, 5.74) is 11.1. The van der Waals surface area contributed by atoms with E-state index in [0.29, 0.717) is 11.6 Å². The Morgan fingerprint density at radius 2 is 1.64 bits per heavy atom. The molecule has 182 valence electrons. The second kappa shape index (κ2) is 10.5. The number of aromatic carboxylic acids is 1. The maximum Gasteiger partial charge on any atom is 0.335 e. The van der Waals surface area contributed by atoms with Gasteiger partial charge in [0.25, 0.3) is 0 Å². The fourth-order valence-electron chi connectivity index (χ4n) is 5.49. The number of hydrogen-bond donors (Lipinski definition) is 2. The number of nitrogens with two attached hydrogens (primary N) is 1. The van der Waals surface area contributed by atoms with Gasteiger partial charge in [0.05, 0.1) is 5.56 Å². The molecule has 3 nitrogen and oxygen atoms in total. The van der Waals surface area contributed by atoms with Crippen molar-refractivity contribution in [3.63, 3.8) is 0 Å². The van der Waals surface area contributed by atoms with Crippen LogP contribution >= 0.6 is 0 Å². The van der Waals surface area contributed by atoms with Crippen LogP contribution in [0.5, 0.6) is 0 Å². The van der Waals surface area contributed by atoms with Gasteiger partial charge in [-0.1, -0.05) is 86.1 Å². The van der Waals surface area contributed by atoms with Crippen molar-refractivity contribution in [1.82, 2.24) is 0 Å². The van der Waals surface area contributed by atoms with Crippen molar-refractivity contribution in [2.45, 2.75) is 51.5 Å². The maximum atomic E-state index is 10.6. The van der Waals surface area contributed by atoms with Gasteiger partial charge >= 0.3 is 5.97 Å². The zero-order valence-electron chi connectivity index (χ0n) is 20.8. The molecular weight excluding hydrogens is 442 g/mol. The minimum Gasteiger partial charge on any atom is -0.478 e. The number of aryl methyl sites for hydroxylation is 2. The normalized spacial score (nSPS) is 14.9. The second-order valence-corrected chi connectivity index (χ2v) is 9.86. The maximum absolute atomic E-state index is 10.6. The highest BCUT2D eigenvalue weighted by Gasteiger charge is 2.20. The molecule has 0 aromatic heterocycles. The highest BCUT2D eigenvalue weighted by Crippen LogP contribution is 2.36. The minimum absolute atomic E-state index is 0.332. The molecule has 5 aromatic carbocycles. The molecule has 0 saturated carbocycles. The smallest absolute Gasteiger partial charge is 0.335 e. The molecule has 1 unspecified atom stereocenters. The van der Waals surface area contributed by atoms with Crippen LogP contribution in [0.3, 0.4) is 0 Å². The van der Waals surface area contributed by atoms with Gasteiger partial charge in [-0.25, -0.2) is 4.79 Å². The van der Waals surface area contributed by atoms with Crippen molar-refractivity contribution >= 4 is 38.3 Å². The molecule has 0 radical (unpaired) electrons. The molecule has 1 aliphatic carbocycles. The molecule has 1 atom stereocenters. The number of fused-ring (bicyclic) bond motifs is 6. The molecule has 0 aliphatic heterocycles. The van der Waals surface area contributed by atoms with Crippen molar-refractivity contribution in [1.29, 1.82) is 0 Å². The predicted molar refractivity (Wildman–Crippen MR) is 151 cm³/mol. The summed E-state index contributed by atoms with van der Waals surface area (Å²) in [4.78, 5) is 10.6. The summed E-state index contributed by atoms with van der Waals surface area (Å²) in [6, 6.07) is 29.1. The number of hydrogen-bond acceptors (Lipinski definition) is 2. The molecule has 3 heteroatoms. The van der Waals surface area contributed by atoms with E-state index in [9.17, 15) is 4.79 Å². The number of benzene rings is 5. The standard InChI is InChI=1S/C22H25N.C11H8O2/c1-2-3-6-17-13-15-7-4-5-8-19(15)21-11-9-16-14-18(23)10-12-20(16)22(17)21;12-11(13)10-6-5-8-3-1-2-4-9(8)7-10/h4-5,7-9,11,13,18H,2-3,6,10,12,14,23H2,1H3;1-7H,(H,12,13). The Morgan fingerprint density at radius 3 is 2.42 bits per heavy atom. The Kier molecular flexibility index (Phi) is 7.02. The van der Waals surface area contributed by atoms with E-state index in [0.717, 1.165) is 30.0 Å². The van der Waals surface area contributed by atoms with Gasteiger partial charge in [0.1, 0.15) is 0 Å². The highest BCUT2D eigenvalue weighted by atomic mass is 16.4. The third-order valence-electron chi connectivity index (χ3n) is 7.36. The quantitative estimate of drug-likeness (QED) is 0.262. The Labute approximate surface area is 212 Å². The number of unbranched alkanes of at least 4 members (excludes halogenated alkanes) is 1. The van der Waals surface area contributed by atoms with Crippen molar-refractivity contribution < 1.29 is 9.90 Å². The van der Waals surface area contributed by atoms with Gasteiger partial charge in [0.2, 0.25) is 0 Å². The van der Waals surface area contributed by atoms with Crippen LogP contribution in [-0.4, -0.2) is 17.1 Å². The van der Waals surface area contributed by atoms with E-state index in [1.807, 2.05) is 30.3 Å².